The zero-order valence-corrected chi connectivity index (χ0v) is 13.3. The van der Waals surface area contributed by atoms with Crippen molar-refractivity contribution in [2.24, 2.45) is 5.92 Å². The van der Waals surface area contributed by atoms with Gasteiger partial charge in [-0.1, -0.05) is 42.6 Å². The van der Waals surface area contributed by atoms with Crippen molar-refractivity contribution < 1.29 is 9.90 Å². The molecule has 19 heavy (non-hydrogen) atoms. The van der Waals surface area contributed by atoms with E-state index in [4.69, 9.17) is 0 Å². The van der Waals surface area contributed by atoms with Crippen molar-refractivity contribution in [3.8, 4) is 0 Å². The number of hydrogen-bond donors (Lipinski definition) is 2. The Kier molecular flexibility index (Phi) is 6.35. The Morgan fingerprint density at radius 2 is 2.00 bits per heavy atom. The highest BCUT2D eigenvalue weighted by Gasteiger charge is 2.12. The normalized spacial score (nSPS) is 12.5. The molecule has 0 radical (unpaired) electrons. The average Bonchev–Trinajstić information content (AvgIpc) is 2.30. The molecule has 1 aromatic rings. The maximum absolute atomic E-state index is 11.2. The van der Waals surface area contributed by atoms with Crippen LogP contribution in [0.25, 0.3) is 0 Å². The van der Waals surface area contributed by atoms with Gasteiger partial charge in [-0.3, -0.25) is 0 Å². The van der Waals surface area contributed by atoms with E-state index in [9.17, 15) is 9.90 Å². The number of benzene rings is 1. The Morgan fingerprint density at radius 3 is 2.58 bits per heavy atom. The first-order valence-corrected chi connectivity index (χ1v) is 7.48. The fourth-order valence-corrected chi connectivity index (χ4v) is 2.35. The summed E-state index contributed by atoms with van der Waals surface area (Å²) in [7, 11) is 0. The quantitative estimate of drug-likeness (QED) is 0.758. The molecule has 0 amide bonds. The van der Waals surface area contributed by atoms with Gasteiger partial charge in [0, 0.05) is 16.2 Å². The lowest BCUT2D eigenvalue weighted by Gasteiger charge is -2.17. The molecule has 106 valence electrons. The Labute approximate surface area is 123 Å². The van der Waals surface area contributed by atoms with E-state index in [1.165, 1.54) is 6.42 Å². The number of halogens is 1. The molecular formula is C15H22BrNO2. The largest absolute Gasteiger partial charge is 0.478 e. The van der Waals surface area contributed by atoms with E-state index in [0.29, 0.717) is 11.3 Å². The van der Waals surface area contributed by atoms with Gasteiger partial charge in [-0.2, -0.15) is 0 Å². The fourth-order valence-electron chi connectivity index (χ4n) is 1.99. The Bertz CT molecular complexity index is 432. The molecule has 4 heteroatoms. The number of rotatable bonds is 7. The van der Waals surface area contributed by atoms with Crippen molar-refractivity contribution in [2.45, 2.75) is 46.1 Å². The summed E-state index contributed by atoms with van der Waals surface area (Å²) in [6.45, 7) is 6.53. The zero-order chi connectivity index (χ0) is 14.4. The number of carbonyl (C=O) groups is 1. The molecule has 0 bridgehead atoms. The average molecular weight is 328 g/mol. The van der Waals surface area contributed by atoms with Crippen molar-refractivity contribution in [1.29, 1.82) is 0 Å². The maximum Gasteiger partial charge on any atom is 0.337 e. The molecule has 0 heterocycles. The molecule has 1 aromatic carbocycles. The summed E-state index contributed by atoms with van der Waals surface area (Å²) in [5.41, 5.74) is 0.998. The summed E-state index contributed by atoms with van der Waals surface area (Å²) in [6, 6.07) is 5.58. The van der Waals surface area contributed by atoms with Gasteiger partial charge < -0.3 is 10.4 Å². The molecule has 0 aliphatic heterocycles. The second kappa shape index (κ2) is 7.53. The minimum absolute atomic E-state index is 0.276. The van der Waals surface area contributed by atoms with Gasteiger partial charge in [0.05, 0.1) is 5.56 Å². The fraction of sp³-hybridized carbons (Fsp3) is 0.533. The zero-order valence-electron chi connectivity index (χ0n) is 11.7. The maximum atomic E-state index is 11.2. The second-order valence-electron chi connectivity index (χ2n) is 5.37. The summed E-state index contributed by atoms with van der Waals surface area (Å²) in [6.07, 6.45) is 3.41. The van der Waals surface area contributed by atoms with Gasteiger partial charge in [0.25, 0.3) is 0 Å². The standard InChI is InChI=1S/C15H22BrNO2/c1-10(2)5-4-6-11(3)17-14-8-7-12(16)9-13(14)15(18)19/h7-11,17H,4-6H2,1-3H3,(H,18,19). The molecule has 1 unspecified atom stereocenters. The van der Waals surface area contributed by atoms with Gasteiger partial charge >= 0.3 is 5.97 Å². The minimum Gasteiger partial charge on any atom is -0.478 e. The third-order valence-corrected chi connectivity index (χ3v) is 3.53. The SMILES string of the molecule is CC(C)CCCC(C)Nc1ccc(Br)cc1C(=O)O. The molecule has 0 spiro atoms. The minimum atomic E-state index is -0.904. The Hall–Kier alpha value is -1.03. The predicted molar refractivity (Wildman–Crippen MR) is 82.9 cm³/mol. The van der Waals surface area contributed by atoms with Crippen LogP contribution in [0.3, 0.4) is 0 Å². The predicted octanol–water partition coefficient (Wildman–Crippen LogP) is 4.77. The number of aromatic carboxylic acids is 1. The van der Waals surface area contributed by atoms with Crippen LogP contribution in [-0.2, 0) is 0 Å². The van der Waals surface area contributed by atoms with Crippen LogP contribution in [0.5, 0.6) is 0 Å². The third-order valence-electron chi connectivity index (χ3n) is 3.03. The number of carboxylic acid groups (broad SMARTS) is 1. The number of hydrogen-bond acceptors (Lipinski definition) is 2. The van der Waals surface area contributed by atoms with Crippen LogP contribution in [0.15, 0.2) is 22.7 Å². The van der Waals surface area contributed by atoms with E-state index in [0.717, 1.165) is 23.2 Å². The van der Waals surface area contributed by atoms with Gasteiger partial charge in [-0.05, 0) is 37.5 Å². The van der Waals surface area contributed by atoms with E-state index in [2.05, 4.69) is 42.0 Å². The smallest absolute Gasteiger partial charge is 0.337 e. The van der Waals surface area contributed by atoms with Crippen molar-refractivity contribution >= 4 is 27.6 Å². The van der Waals surface area contributed by atoms with E-state index in [1.807, 2.05) is 12.1 Å². The molecule has 0 aliphatic rings. The molecule has 0 saturated heterocycles. The summed E-state index contributed by atoms with van der Waals surface area (Å²) < 4.78 is 0.780. The second-order valence-corrected chi connectivity index (χ2v) is 6.28. The highest BCUT2D eigenvalue weighted by Crippen LogP contribution is 2.22. The highest BCUT2D eigenvalue weighted by atomic mass is 79.9. The van der Waals surface area contributed by atoms with Crippen molar-refractivity contribution in [1.82, 2.24) is 0 Å². The molecule has 1 rings (SSSR count). The van der Waals surface area contributed by atoms with Crippen LogP contribution in [0.4, 0.5) is 5.69 Å². The number of nitrogens with one attached hydrogen (secondary N) is 1. The summed E-state index contributed by atoms with van der Waals surface area (Å²) in [4.78, 5) is 11.2. The third kappa shape index (κ3) is 5.64. The first-order chi connectivity index (χ1) is 8.90. The molecule has 3 nitrogen and oxygen atoms in total. The van der Waals surface area contributed by atoms with Gasteiger partial charge in [0.1, 0.15) is 0 Å². The van der Waals surface area contributed by atoms with E-state index >= 15 is 0 Å². The molecule has 2 N–H and O–H groups in total. The van der Waals surface area contributed by atoms with Crippen LogP contribution in [0, 0.1) is 5.92 Å². The molecule has 0 aromatic heterocycles. The van der Waals surface area contributed by atoms with Crippen LogP contribution < -0.4 is 5.32 Å². The molecule has 0 fully saturated rings. The Morgan fingerprint density at radius 1 is 1.32 bits per heavy atom. The summed E-state index contributed by atoms with van der Waals surface area (Å²) in [5, 5.41) is 12.5. The van der Waals surface area contributed by atoms with E-state index < -0.39 is 5.97 Å². The molecule has 0 aliphatic carbocycles. The van der Waals surface area contributed by atoms with Gasteiger partial charge in [0.2, 0.25) is 0 Å². The molecular weight excluding hydrogens is 306 g/mol. The van der Waals surface area contributed by atoms with Crippen LogP contribution in [0.2, 0.25) is 0 Å². The number of carboxylic acids is 1. The lowest BCUT2D eigenvalue weighted by Crippen LogP contribution is -2.17. The van der Waals surface area contributed by atoms with Gasteiger partial charge in [-0.15, -0.1) is 0 Å². The van der Waals surface area contributed by atoms with Crippen molar-refractivity contribution in [3.05, 3.63) is 28.2 Å². The first-order valence-electron chi connectivity index (χ1n) is 6.69. The van der Waals surface area contributed by atoms with Crippen LogP contribution in [0.1, 0.15) is 50.4 Å². The monoisotopic (exact) mass is 327 g/mol. The van der Waals surface area contributed by atoms with Crippen molar-refractivity contribution in [2.75, 3.05) is 5.32 Å². The van der Waals surface area contributed by atoms with Crippen LogP contribution in [-0.4, -0.2) is 17.1 Å². The molecule has 1 atom stereocenters. The van der Waals surface area contributed by atoms with E-state index in [-0.39, 0.29) is 6.04 Å². The van der Waals surface area contributed by atoms with Crippen molar-refractivity contribution in [3.63, 3.8) is 0 Å². The Balaban J connectivity index is 2.63. The number of anilines is 1. The highest BCUT2D eigenvalue weighted by molar-refractivity contribution is 9.10. The summed E-state index contributed by atoms with van der Waals surface area (Å²) in [5.74, 6) is -0.187. The topological polar surface area (TPSA) is 49.3 Å². The van der Waals surface area contributed by atoms with Crippen LogP contribution >= 0.6 is 15.9 Å². The lowest BCUT2D eigenvalue weighted by atomic mass is 10.0. The molecule has 0 saturated carbocycles. The lowest BCUT2D eigenvalue weighted by molar-refractivity contribution is 0.0698. The van der Waals surface area contributed by atoms with Gasteiger partial charge in [-0.25, -0.2) is 4.79 Å². The van der Waals surface area contributed by atoms with Gasteiger partial charge in [0.15, 0.2) is 0 Å². The first kappa shape index (κ1) is 16.0. The van der Waals surface area contributed by atoms with E-state index in [1.54, 1.807) is 6.07 Å². The summed E-state index contributed by atoms with van der Waals surface area (Å²) >= 11 is 3.30.